The molecule has 0 saturated carbocycles. The van der Waals surface area contributed by atoms with E-state index in [0.717, 1.165) is 0 Å². The van der Waals surface area contributed by atoms with Crippen LogP contribution in [-0.2, 0) is 0 Å². The highest BCUT2D eigenvalue weighted by molar-refractivity contribution is 5.44. The van der Waals surface area contributed by atoms with Crippen molar-refractivity contribution in [3.63, 3.8) is 0 Å². The van der Waals surface area contributed by atoms with Crippen LogP contribution in [0.1, 0.15) is 32.4 Å². The van der Waals surface area contributed by atoms with Crippen molar-refractivity contribution >= 4 is 0 Å². The van der Waals surface area contributed by atoms with Crippen molar-refractivity contribution in [2.24, 2.45) is 11.8 Å². The van der Waals surface area contributed by atoms with Crippen LogP contribution in [0, 0.1) is 17.7 Å². The molecule has 2 unspecified atom stereocenters. The van der Waals surface area contributed by atoms with Crippen LogP contribution in [0.5, 0.6) is 11.5 Å². The van der Waals surface area contributed by atoms with Crippen LogP contribution >= 0.6 is 0 Å². The van der Waals surface area contributed by atoms with Gasteiger partial charge in [-0.3, -0.25) is 0 Å². The molecule has 0 amide bonds. The lowest BCUT2D eigenvalue weighted by Gasteiger charge is -2.28. The van der Waals surface area contributed by atoms with Crippen LogP contribution in [0.4, 0.5) is 4.39 Å². The van der Waals surface area contributed by atoms with Gasteiger partial charge < -0.3 is 14.8 Å². The van der Waals surface area contributed by atoms with Crippen LogP contribution in [0.2, 0.25) is 0 Å². The Morgan fingerprint density at radius 2 is 1.58 bits per heavy atom. The largest absolute Gasteiger partial charge is 0.493 e. The number of hydrogen-bond donors (Lipinski definition) is 1. The summed E-state index contributed by atoms with van der Waals surface area (Å²) >= 11 is 0. The molecular weight excluding hydrogens is 245 g/mol. The highest BCUT2D eigenvalue weighted by atomic mass is 19.1. The van der Waals surface area contributed by atoms with Gasteiger partial charge in [0.2, 0.25) is 0 Å². The molecule has 0 aliphatic carbocycles. The quantitative estimate of drug-likeness (QED) is 0.858. The minimum Gasteiger partial charge on any atom is -0.493 e. The summed E-state index contributed by atoms with van der Waals surface area (Å²) < 4.78 is 24.6. The molecule has 0 radical (unpaired) electrons. The fraction of sp³-hybridized carbons (Fsp3) is 0.600. The SMILES string of the molecule is CNC(c1cc(OC)c(OC)cc1F)C(C)C(C)C. The third-order valence-corrected chi connectivity index (χ3v) is 3.73. The maximum absolute atomic E-state index is 14.2. The summed E-state index contributed by atoms with van der Waals surface area (Å²) in [4.78, 5) is 0. The van der Waals surface area contributed by atoms with Gasteiger partial charge in [0.25, 0.3) is 0 Å². The topological polar surface area (TPSA) is 30.5 Å². The van der Waals surface area contributed by atoms with Crippen LogP contribution in [0.15, 0.2) is 12.1 Å². The summed E-state index contributed by atoms with van der Waals surface area (Å²) in [6.07, 6.45) is 0. The van der Waals surface area contributed by atoms with Gasteiger partial charge in [0.15, 0.2) is 11.5 Å². The van der Waals surface area contributed by atoms with Gasteiger partial charge in [0, 0.05) is 17.7 Å². The Morgan fingerprint density at radius 1 is 1.05 bits per heavy atom. The molecule has 0 aliphatic heterocycles. The zero-order chi connectivity index (χ0) is 14.6. The van der Waals surface area contributed by atoms with Crippen molar-refractivity contribution in [1.29, 1.82) is 0 Å². The van der Waals surface area contributed by atoms with Crippen molar-refractivity contribution in [3.05, 3.63) is 23.5 Å². The van der Waals surface area contributed by atoms with E-state index in [0.29, 0.717) is 28.9 Å². The Labute approximate surface area is 115 Å². The Kier molecular flexibility index (Phi) is 5.60. The van der Waals surface area contributed by atoms with Gasteiger partial charge in [-0.1, -0.05) is 20.8 Å². The highest BCUT2D eigenvalue weighted by Gasteiger charge is 2.25. The number of ether oxygens (including phenoxy) is 2. The number of hydrogen-bond acceptors (Lipinski definition) is 3. The molecule has 0 saturated heterocycles. The number of nitrogens with one attached hydrogen (secondary N) is 1. The molecule has 3 nitrogen and oxygen atoms in total. The van der Waals surface area contributed by atoms with Crippen LogP contribution in [0.25, 0.3) is 0 Å². The van der Waals surface area contributed by atoms with E-state index in [1.807, 2.05) is 7.05 Å². The van der Waals surface area contributed by atoms with Crippen molar-refractivity contribution in [1.82, 2.24) is 5.32 Å². The summed E-state index contributed by atoms with van der Waals surface area (Å²) in [6.45, 7) is 6.38. The van der Waals surface area contributed by atoms with Gasteiger partial charge in [-0.2, -0.15) is 0 Å². The number of halogens is 1. The van der Waals surface area contributed by atoms with E-state index in [1.54, 1.807) is 13.2 Å². The van der Waals surface area contributed by atoms with Gasteiger partial charge in [0.05, 0.1) is 14.2 Å². The molecule has 0 heterocycles. The van der Waals surface area contributed by atoms with Crippen LogP contribution < -0.4 is 14.8 Å². The predicted octanol–water partition coefficient (Wildman–Crippen LogP) is 3.40. The monoisotopic (exact) mass is 269 g/mol. The Morgan fingerprint density at radius 3 is 2.00 bits per heavy atom. The first-order chi connectivity index (χ1) is 8.96. The summed E-state index contributed by atoms with van der Waals surface area (Å²) in [5.41, 5.74) is 0.612. The lowest BCUT2D eigenvalue weighted by molar-refractivity contribution is 0.306. The fourth-order valence-corrected chi connectivity index (χ4v) is 2.19. The molecule has 0 bridgehead atoms. The first kappa shape index (κ1) is 15.8. The Balaban J connectivity index is 3.24. The van der Waals surface area contributed by atoms with Gasteiger partial charge in [0.1, 0.15) is 5.82 Å². The van der Waals surface area contributed by atoms with Crippen LogP contribution in [0.3, 0.4) is 0 Å². The van der Waals surface area contributed by atoms with Crippen molar-refractivity contribution in [2.75, 3.05) is 21.3 Å². The average Bonchev–Trinajstić information content (AvgIpc) is 2.40. The van der Waals surface area contributed by atoms with E-state index in [-0.39, 0.29) is 11.9 Å². The van der Waals surface area contributed by atoms with Crippen molar-refractivity contribution in [2.45, 2.75) is 26.8 Å². The third kappa shape index (κ3) is 3.38. The highest BCUT2D eigenvalue weighted by Crippen LogP contribution is 2.36. The summed E-state index contributed by atoms with van der Waals surface area (Å²) in [5, 5.41) is 3.19. The Bertz CT molecular complexity index is 421. The summed E-state index contributed by atoms with van der Waals surface area (Å²) in [7, 11) is 4.91. The van der Waals surface area contributed by atoms with Crippen LogP contribution in [-0.4, -0.2) is 21.3 Å². The van der Waals surface area contributed by atoms with Crippen molar-refractivity contribution < 1.29 is 13.9 Å². The van der Waals surface area contributed by atoms with Gasteiger partial charge in [-0.25, -0.2) is 4.39 Å². The molecular formula is C15H24FNO2. The zero-order valence-electron chi connectivity index (χ0n) is 12.6. The molecule has 0 aromatic heterocycles. The lowest BCUT2D eigenvalue weighted by atomic mass is 9.86. The lowest BCUT2D eigenvalue weighted by Crippen LogP contribution is -2.27. The second-order valence-corrected chi connectivity index (χ2v) is 5.10. The average molecular weight is 269 g/mol. The molecule has 1 aromatic carbocycles. The molecule has 2 atom stereocenters. The van der Waals surface area contributed by atoms with E-state index >= 15 is 0 Å². The second kappa shape index (κ2) is 6.75. The Hall–Kier alpha value is -1.29. The van der Waals surface area contributed by atoms with E-state index in [1.165, 1.54) is 13.2 Å². The molecule has 0 fully saturated rings. The molecule has 108 valence electrons. The van der Waals surface area contributed by atoms with E-state index < -0.39 is 0 Å². The molecule has 19 heavy (non-hydrogen) atoms. The minimum absolute atomic E-state index is 0.0557. The minimum atomic E-state index is -0.274. The normalized spacial score (nSPS) is 14.3. The second-order valence-electron chi connectivity index (χ2n) is 5.10. The first-order valence-corrected chi connectivity index (χ1v) is 6.54. The number of benzene rings is 1. The molecule has 1 N–H and O–H groups in total. The molecule has 1 aromatic rings. The van der Waals surface area contributed by atoms with Gasteiger partial charge >= 0.3 is 0 Å². The molecule has 0 spiro atoms. The first-order valence-electron chi connectivity index (χ1n) is 6.54. The third-order valence-electron chi connectivity index (χ3n) is 3.73. The molecule has 1 rings (SSSR count). The van der Waals surface area contributed by atoms with Gasteiger partial charge in [-0.15, -0.1) is 0 Å². The predicted molar refractivity (Wildman–Crippen MR) is 75.3 cm³/mol. The van der Waals surface area contributed by atoms with E-state index in [4.69, 9.17) is 9.47 Å². The molecule has 4 heteroatoms. The number of methoxy groups -OCH3 is 2. The maximum atomic E-state index is 14.2. The molecule has 0 aliphatic rings. The summed E-state index contributed by atoms with van der Waals surface area (Å²) in [6, 6.07) is 3.04. The smallest absolute Gasteiger partial charge is 0.163 e. The maximum Gasteiger partial charge on any atom is 0.163 e. The zero-order valence-corrected chi connectivity index (χ0v) is 12.6. The standard InChI is InChI=1S/C15H24FNO2/c1-9(2)10(3)15(17-4)11-7-13(18-5)14(19-6)8-12(11)16/h7-10,15,17H,1-6H3. The van der Waals surface area contributed by atoms with Crippen molar-refractivity contribution in [3.8, 4) is 11.5 Å². The fourth-order valence-electron chi connectivity index (χ4n) is 2.19. The number of rotatable bonds is 6. The van der Waals surface area contributed by atoms with E-state index in [2.05, 4.69) is 26.1 Å². The summed E-state index contributed by atoms with van der Waals surface area (Å²) in [5.74, 6) is 1.44. The van der Waals surface area contributed by atoms with Gasteiger partial charge in [-0.05, 0) is 24.9 Å². The van der Waals surface area contributed by atoms with E-state index in [9.17, 15) is 4.39 Å².